The number of hydrogen-bond donors (Lipinski definition) is 1. The predicted octanol–water partition coefficient (Wildman–Crippen LogP) is 4.06. The Morgan fingerprint density at radius 2 is 1.69 bits per heavy atom. The number of benzene rings is 2. The van der Waals surface area contributed by atoms with Gasteiger partial charge >= 0.3 is 0 Å². The zero-order chi connectivity index (χ0) is 17.8. The van der Waals surface area contributed by atoms with E-state index in [0.717, 1.165) is 19.5 Å². The van der Waals surface area contributed by atoms with Crippen molar-refractivity contribution in [1.82, 2.24) is 10.2 Å². The number of carbonyl (C=O) groups excluding carboxylic acids is 1. The summed E-state index contributed by atoms with van der Waals surface area (Å²) >= 11 is 0. The van der Waals surface area contributed by atoms with Gasteiger partial charge in [0.1, 0.15) is 0 Å². The van der Waals surface area contributed by atoms with E-state index in [1.165, 1.54) is 36.8 Å². The highest BCUT2D eigenvalue weighted by Crippen LogP contribution is 2.43. The van der Waals surface area contributed by atoms with E-state index >= 15 is 0 Å². The summed E-state index contributed by atoms with van der Waals surface area (Å²) in [6.07, 6.45) is 5.92. The topological polar surface area (TPSA) is 32.3 Å². The fourth-order valence-electron chi connectivity index (χ4n) is 4.54. The molecule has 136 valence electrons. The fraction of sp³-hybridized carbons (Fsp3) is 0.435. The Morgan fingerprint density at radius 3 is 2.35 bits per heavy atom. The maximum absolute atomic E-state index is 12.6. The molecule has 2 aliphatic rings. The molecule has 0 spiro atoms. The molecular weight excluding hydrogens is 320 g/mol. The Hall–Kier alpha value is -2.13. The van der Waals surface area contributed by atoms with Crippen LogP contribution in [0.3, 0.4) is 0 Å². The number of nitrogens with one attached hydrogen (secondary N) is 1. The molecule has 1 aliphatic heterocycles. The van der Waals surface area contributed by atoms with Crippen LogP contribution in [0.15, 0.2) is 60.7 Å². The lowest BCUT2D eigenvalue weighted by molar-refractivity contribution is -0.123. The van der Waals surface area contributed by atoms with Crippen LogP contribution in [0.2, 0.25) is 0 Å². The highest BCUT2D eigenvalue weighted by molar-refractivity contribution is 5.78. The van der Waals surface area contributed by atoms with E-state index in [4.69, 9.17) is 0 Å². The molecule has 26 heavy (non-hydrogen) atoms. The van der Waals surface area contributed by atoms with Crippen molar-refractivity contribution in [2.24, 2.45) is 0 Å². The first-order chi connectivity index (χ1) is 12.8. The molecule has 4 rings (SSSR count). The minimum atomic E-state index is 0.154. The fourth-order valence-corrected chi connectivity index (χ4v) is 4.54. The van der Waals surface area contributed by atoms with Gasteiger partial charge in [0, 0.05) is 18.0 Å². The zero-order valence-corrected chi connectivity index (χ0v) is 15.4. The molecule has 0 bridgehead atoms. The van der Waals surface area contributed by atoms with Gasteiger partial charge in [0.2, 0.25) is 5.91 Å². The van der Waals surface area contributed by atoms with Gasteiger partial charge < -0.3 is 5.32 Å². The largest absolute Gasteiger partial charge is 0.354 e. The van der Waals surface area contributed by atoms with E-state index in [1.54, 1.807) is 0 Å². The lowest BCUT2D eigenvalue weighted by Crippen LogP contribution is -2.47. The van der Waals surface area contributed by atoms with Crippen molar-refractivity contribution >= 4 is 5.91 Å². The summed E-state index contributed by atoms with van der Waals surface area (Å²) in [4.78, 5) is 15.0. The molecule has 3 heteroatoms. The molecular formula is C23H28N2O. The number of rotatable bonds is 6. The van der Waals surface area contributed by atoms with E-state index in [2.05, 4.69) is 70.9 Å². The lowest BCUT2D eigenvalue weighted by Gasteiger charge is -2.42. The molecule has 2 aromatic rings. The van der Waals surface area contributed by atoms with Gasteiger partial charge in [-0.3, -0.25) is 9.69 Å². The molecule has 1 heterocycles. The quantitative estimate of drug-likeness (QED) is 0.854. The molecule has 1 saturated carbocycles. The molecule has 1 saturated heterocycles. The number of amides is 1. The van der Waals surface area contributed by atoms with E-state index in [0.29, 0.717) is 12.6 Å². The van der Waals surface area contributed by atoms with Gasteiger partial charge in [0.05, 0.1) is 6.54 Å². The average molecular weight is 348 g/mol. The third kappa shape index (κ3) is 3.54. The smallest absolute Gasteiger partial charge is 0.234 e. The molecule has 1 unspecified atom stereocenters. The van der Waals surface area contributed by atoms with Crippen molar-refractivity contribution in [2.45, 2.75) is 43.6 Å². The molecule has 2 fully saturated rings. The Balaban J connectivity index is 1.35. The van der Waals surface area contributed by atoms with Crippen molar-refractivity contribution in [3.05, 3.63) is 71.8 Å². The summed E-state index contributed by atoms with van der Waals surface area (Å²) in [5, 5.41) is 3.24. The molecule has 0 radical (unpaired) electrons. The molecule has 1 aliphatic carbocycles. The van der Waals surface area contributed by atoms with E-state index < -0.39 is 0 Å². The summed E-state index contributed by atoms with van der Waals surface area (Å²) < 4.78 is 0. The predicted molar refractivity (Wildman–Crippen MR) is 105 cm³/mol. The maximum Gasteiger partial charge on any atom is 0.234 e. The van der Waals surface area contributed by atoms with Crippen LogP contribution >= 0.6 is 0 Å². The minimum absolute atomic E-state index is 0.154. The van der Waals surface area contributed by atoms with Crippen molar-refractivity contribution in [2.75, 3.05) is 19.6 Å². The van der Waals surface area contributed by atoms with Crippen LogP contribution in [-0.4, -0.2) is 30.4 Å². The monoisotopic (exact) mass is 348 g/mol. The van der Waals surface area contributed by atoms with E-state index in [1.807, 2.05) is 0 Å². The first kappa shape index (κ1) is 17.3. The number of nitrogens with zero attached hydrogens (tertiary/aromatic N) is 1. The highest BCUT2D eigenvalue weighted by Gasteiger charge is 2.39. The van der Waals surface area contributed by atoms with Crippen LogP contribution in [0.1, 0.15) is 49.3 Å². The minimum Gasteiger partial charge on any atom is -0.354 e. The second-order valence-corrected chi connectivity index (χ2v) is 7.82. The van der Waals surface area contributed by atoms with Crippen LogP contribution < -0.4 is 5.32 Å². The second-order valence-electron chi connectivity index (χ2n) is 7.82. The number of likely N-dealkylation sites (tertiary alicyclic amines) is 1. The zero-order valence-electron chi connectivity index (χ0n) is 15.4. The van der Waals surface area contributed by atoms with Crippen LogP contribution in [-0.2, 0) is 10.2 Å². The van der Waals surface area contributed by atoms with Crippen molar-refractivity contribution in [3.8, 4) is 0 Å². The van der Waals surface area contributed by atoms with Crippen molar-refractivity contribution in [3.63, 3.8) is 0 Å². The van der Waals surface area contributed by atoms with Gasteiger partial charge in [0.25, 0.3) is 0 Å². The summed E-state index contributed by atoms with van der Waals surface area (Å²) in [5.41, 5.74) is 2.85. The van der Waals surface area contributed by atoms with E-state index in [-0.39, 0.29) is 11.3 Å². The number of hydrogen-bond acceptors (Lipinski definition) is 2. The third-order valence-corrected chi connectivity index (χ3v) is 6.22. The van der Waals surface area contributed by atoms with Gasteiger partial charge in [-0.1, -0.05) is 67.1 Å². The van der Waals surface area contributed by atoms with Crippen molar-refractivity contribution < 1.29 is 4.79 Å². The second kappa shape index (κ2) is 7.63. The average Bonchev–Trinajstić information content (AvgIpc) is 3.10. The Morgan fingerprint density at radius 1 is 1.00 bits per heavy atom. The summed E-state index contributed by atoms with van der Waals surface area (Å²) in [6.45, 7) is 2.28. The van der Waals surface area contributed by atoms with Crippen LogP contribution in [0.25, 0.3) is 0 Å². The van der Waals surface area contributed by atoms with Crippen molar-refractivity contribution in [1.29, 1.82) is 0 Å². The molecule has 1 N–H and O–H groups in total. The lowest BCUT2D eigenvalue weighted by atomic mass is 9.64. The Bertz CT molecular complexity index is 724. The molecule has 1 amide bonds. The van der Waals surface area contributed by atoms with Gasteiger partial charge in [-0.15, -0.1) is 0 Å². The highest BCUT2D eigenvalue weighted by atomic mass is 16.2. The summed E-state index contributed by atoms with van der Waals surface area (Å²) in [7, 11) is 0. The Labute approximate surface area is 156 Å². The van der Waals surface area contributed by atoms with Crippen LogP contribution in [0.4, 0.5) is 0 Å². The molecule has 1 atom stereocenters. The van der Waals surface area contributed by atoms with Crippen LogP contribution in [0, 0.1) is 0 Å². The summed E-state index contributed by atoms with van der Waals surface area (Å²) in [6, 6.07) is 21.7. The first-order valence-electron chi connectivity index (χ1n) is 9.88. The van der Waals surface area contributed by atoms with Gasteiger partial charge in [-0.2, -0.15) is 0 Å². The normalized spacial score (nSPS) is 21.9. The molecule has 0 aromatic heterocycles. The third-order valence-electron chi connectivity index (χ3n) is 6.22. The molecule has 3 nitrogen and oxygen atoms in total. The number of carbonyl (C=O) groups is 1. The summed E-state index contributed by atoms with van der Waals surface area (Å²) in [5.74, 6) is 0.162. The van der Waals surface area contributed by atoms with Crippen LogP contribution in [0.5, 0.6) is 0 Å². The van der Waals surface area contributed by atoms with Gasteiger partial charge in [-0.25, -0.2) is 0 Å². The first-order valence-corrected chi connectivity index (χ1v) is 9.88. The van der Waals surface area contributed by atoms with Gasteiger partial charge in [-0.05, 0) is 43.4 Å². The van der Waals surface area contributed by atoms with E-state index in [9.17, 15) is 4.79 Å². The maximum atomic E-state index is 12.6. The van der Waals surface area contributed by atoms with Gasteiger partial charge in [0.15, 0.2) is 0 Å². The standard InChI is InChI=1S/C23H28N2O/c26-22(17-25-16-7-13-21(25)19-9-3-1-4-10-19)24-18-23(14-8-15-23)20-11-5-2-6-12-20/h1-6,9-12,21H,7-8,13-18H2,(H,24,26). The SMILES string of the molecule is O=C(CN1CCCC1c1ccccc1)NCC1(c2ccccc2)CCC1. The molecule has 2 aromatic carbocycles. The Kier molecular flexibility index (Phi) is 5.07.